The van der Waals surface area contributed by atoms with Crippen LogP contribution in [0.3, 0.4) is 0 Å². The summed E-state index contributed by atoms with van der Waals surface area (Å²) in [6, 6.07) is 8.21. The first-order chi connectivity index (χ1) is 12.9. The Morgan fingerprint density at radius 3 is 2.92 bits per heavy atom. The fourth-order valence-electron chi connectivity index (χ4n) is 2.99. The van der Waals surface area contributed by atoms with E-state index >= 15 is 0 Å². The number of aromatic nitrogens is 1. The number of hydrogen-bond donors (Lipinski definition) is 1. The van der Waals surface area contributed by atoms with Gasteiger partial charge in [0.15, 0.2) is 5.76 Å². The van der Waals surface area contributed by atoms with Gasteiger partial charge in [0.25, 0.3) is 0 Å². The van der Waals surface area contributed by atoms with Gasteiger partial charge in [0, 0.05) is 0 Å². The molecule has 4 nitrogen and oxygen atoms in total. The van der Waals surface area contributed by atoms with Crippen molar-refractivity contribution in [2.45, 2.75) is 25.3 Å². The minimum Gasteiger partial charge on any atom is -0.466 e. The predicted molar refractivity (Wildman–Crippen MR) is 105 cm³/mol. The van der Waals surface area contributed by atoms with Crippen LogP contribution >= 0.6 is 11.3 Å². The third kappa shape index (κ3) is 4.06. The van der Waals surface area contributed by atoms with Crippen LogP contribution in [0.25, 0.3) is 10.6 Å². The molecule has 1 unspecified atom stereocenters. The zero-order valence-electron chi connectivity index (χ0n) is 14.3. The summed E-state index contributed by atoms with van der Waals surface area (Å²) in [6.07, 6.45) is 16.2. The van der Waals surface area contributed by atoms with Crippen LogP contribution in [-0.4, -0.2) is 11.0 Å². The normalized spacial score (nSPS) is 16.9. The smallest absolute Gasteiger partial charge is 0.161 e. The summed E-state index contributed by atoms with van der Waals surface area (Å²) in [7, 11) is 0. The molecule has 26 heavy (non-hydrogen) atoms. The Kier molecular flexibility index (Phi) is 5.17. The number of nitrogens with one attached hydrogen (secondary N) is 1. The van der Waals surface area contributed by atoms with Gasteiger partial charge < -0.3 is 14.8 Å². The predicted octanol–water partition coefficient (Wildman–Crippen LogP) is 5.62. The van der Waals surface area contributed by atoms with E-state index in [9.17, 15) is 0 Å². The van der Waals surface area contributed by atoms with Crippen molar-refractivity contribution in [3.05, 3.63) is 84.2 Å². The Bertz CT molecular complexity index is 849. The lowest BCUT2D eigenvalue weighted by molar-refractivity contribution is 0.240. The molecule has 4 rings (SSSR count). The molecule has 2 aromatic rings. The van der Waals surface area contributed by atoms with Gasteiger partial charge in [-0.25, -0.2) is 0 Å². The number of nitrogens with zero attached hydrogens (tertiary/aromatic N) is 1. The molecule has 0 spiro atoms. The first-order valence-electron chi connectivity index (χ1n) is 8.67. The molecule has 1 aliphatic carbocycles. The van der Waals surface area contributed by atoms with Crippen molar-refractivity contribution in [1.82, 2.24) is 4.98 Å². The van der Waals surface area contributed by atoms with Gasteiger partial charge in [-0.1, -0.05) is 29.9 Å². The van der Waals surface area contributed by atoms with E-state index in [0.29, 0.717) is 0 Å². The summed E-state index contributed by atoms with van der Waals surface area (Å²) in [5.41, 5.74) is 3.34. The molecule has 0 aromatic carbocycles. The summed E-state index contributed by atoms with van der Waals surface area (Å²) >= 11 is 1.69. The van der Waals surface area contributed by atoms with Gasteiger partial charge >= 0.3 is 0 Å². The highest BCUT2D eigenvalue weighted by Gasteiger charge is 2.20. The van der Waals surface area contributed by atoms with Gasteiger partial charge in [-0.2, -0.15) is 0 Å². The standard InChI is InChI=1S/C21H20N2O2S/c1-2-5-16(6-3-1)13-19(20-15-24-10-11-25-20)23-17-8-9-18(22-14-17)21-7-4-12-26-21/h1-2,4-5,7-12,14-15,19,23H,3,6,13H2. The van der Waals surface area contributed by atoms with Crippen LogP contribution in [0.1, 0.15) is 19.3 Å². The summed E-state index contributed by atoms with van der Waals surface area (Å²) in [4.78, 5) is 5.75. The second-order valence-corrected chi connectivity index (χ2v) is 7.10. The van der Waals surface area contributed by atoms with E-state index in [1.165, 1.54) is 16.7 Å². The van der Waals surface area contributed by atoms with Crippen LogP contribution in [0.2, 0.25) is 0 Å². The Morgan fingerprint density at radius 1 is 1.23 bits per heavy atom. The molecule has 2 aromatic heterocycles. The lowest BCUT2D eigenvalue weighted by Gasteiger charge is -2.24. The minimum absolute atomic E-state index is 0.00733. The van der Waals surface area contributed by atoms with Crippen LogP contribution < -0.4 is 5.32 Å². The molecule has 5 heteroatoms. The third-order valence-corrected chi connectivity index (χ3v) is 5.20. The highest BCUT2D eigenvalue weighted by molar-refractivity contribution is 7.13. The largest absolute Gasteiger partial charge is 0.466 e. The Labute approximate surface area is 157 Å². The Morgan fingerprint density at radius 2 is 2.23 bits per heavy atom. The van der Waals surface area contributed by atoms with Gasteiger partial charge in [-0.05, 0) is 42.8 Å². The van der Waals surface area contributed by atoms with E-state index < -0.39 is 0 Å². The maximum absolute atomic E-state index is 5.67. The fraction of sp³-hybridized carbons (Fsp3) is 0.190. The van der Waals surface area contributed by atoms with Crippen molar-refractivity contribution in [2.24, 2.45) is 0 Å². The molecule has 1 N–H and O–H groups in total. The topological polar surface area (TPSA) is 43.4 Å². The number of ether oxygens (including phenoxy) is 2. The molecule has 0 radical (unpaired) electrons. The molecule has 2 aliphatic rings. The van der Waals surface area contributed by atoms with Gasteiger partial charge in [-0.3, -0.25) is 4.98 Å². The average molecular weight is 364 g/mol. The molecule has 0 bridgehead atoms. The van der Waals surface area contributed by atoms with Gasteiger partial charge in [0.2, 0.25) is 0 Å². The van der Waals surface area contributed by atoms with Gasteiger partial charge in [-0.15, -0.1) is 11.3 Å². The maximum atomic E-state index is 5.67. The highest BCUT2D eigenvalue weighted by atomic mass is 32.1. The van der Waals surface area contributed by atoms with Crippen LogP contribution in [0.4, 0.5) is 5.69 Å². The molecule has 1 atom stereocenters. The Hall–Kier alpha value is -2.79. The van der Waals surface area contributed by atoms with Gasteiger partial charge in [0.1, 0.15) is 18.8 Å². The monoisotopic (exact) mass is 364 g/mol. The molecule has 0 saturated heterocycles. The van der Waals surface area contributed by atoms with Crippen molar-refractivity contribution >= 4 is 17.0 Å². The van der Waals surface area contributed by atoms with E-state index in [-0.39, 0.29) is 6.04 Å². The zero-order chi connectivity index (χ0) is 17.6. The molecule has 0 saturated carbocycles. The van der Waals surface area contributed by atoms with E-state index in [4.69, 9.17) is 9.47 Å². The van der Waals surface area contributed by atoms with Crippen molar-refractivity contribution in [2.75, 3.05) is 5.32 Å². The third-order valence-electron chi connectivity index (χ3n) is 4.31. The van der Waals surface area contributed by atoms with Gasteiger partial charge in [0.05, 0.1) is 28.5 Å². The fourth-order valence-corrected chi connectivity index (χ4v) is 3.70. The number of anilines is 1. The van der Waals surface area contributed by atoms with Crippen LogP contribution in [0, 0.1) is 0 Å². The number of hydrogen-bond acceptors (Lipinski definition) is 5. The first kappa shape index (κ1) is 16.7. The van der Waals surface area contributed by atoms with E-state index in [1.807, 2.05) is 18.3 Å². The SMILES string of the molecule is C1=CCCC(CC(Nc2ccc(-c3cccs3)nc2)C2=COC=CO2)=C1. The summed E-state index contributed by atoms with van der Waals surface area (Å²) in [6.45, 7) is 0. The molecule has 1 aliphatic heterocycles. The molecule has 3 heterocycles. The summed E-state index contributed by atoms with van der Waals surface area (Å²) in [5, 5.41) is 5.60. The van der Waals surface area contributed by atoms with Crippen molar-refractivity contribution in [3.8, 4) is 10.6 Å². The Balaban J connectivity index is 1.51. The second-order valence-electron chi connectivity index (χ2n) is 6.15. The minimum atomic E-state index is -0.00733. The molecular weight excluding hydrogens is 344 g/mol. The number of thiophene rings is 1. The number of rotatable bonds is 6. The van der Waals surface area contributed by atoms with Crippen molar-refractivity contribution in [3.63, 3.8) is 0 Å². The van der Waals surface area contributed by atoms with Crippen molar-refractivity contribution < 1.29 is 9.47 Å². The maximum Gasteiger partial charge on any atom is 0.161 e. The molecule has 0 amide bonds. The lowest BCUT2D eigenvalue weighted by Crippen LogP contribution is -2.25. The van der Waals surface area contributed by atoms with Crippen LogP contribution in [0.5, 0.6) is 0 Å². The van der Waals surface area contributed by atoms with E-state index in [0.717, 1.165) is 36.4 Å². The quantitative estimate of drug-likeness (QED) is 0.723. The van der Waals surface area contributed by atoms with Crippen molar-refractivity contribution in [1.29, 1.82) is 0 Å². The summed E-state index contributed by atoms with van der Waals surface area (Å²) < 4.78 is 11.0. The van der Waals surface area contributed by atoms with Crippen LogP contribution in [0.15, 0.2) is 84.2 Å². The first-order valence-corrected chi connectivity index (χ1v) is 9.55. The molecule has 132 valence electrons. The van der Waals surface area contributed by atoms with Crippen LogP contribution in [-0.2, 0) is 9.47 Å². The average Bonchev–Trinajstić information content (AvgIpc) is 3.24. The second kappa shape index (κ2) is 8.06. The lowest BCUT2D eigenvalue weighted by atomic mass is 9.97. The van der Waals surface area contributed by atoms with E-state index in [1.54, 1.807) is 23.9 Å². The molecular formula is C21H20N2O2S. The number of pyridine rings is 1. The number of allylic oxidation sites excluding steroid dienone is 3. The zero-order valence-corrected chi connectivity index (χ0v) is 15.1. The molecule has 0 fully saturated rings. The summed E-state index contributed by atoms with van der Waals surface area (Å²) in [5.74, 6) is 0.769. The highest BCUT2D eigenvalue weighted by Crippen LogP contribution is 2.27. The van der Waals surface area contributed by atoms with E-state index in [2.05, 4.69) is 46.0 Å².